The zero-order valence-corrected chi connectivity index (χ0v) is 17.8. The van der Waals surface area contributed by atoms with E-state index < -0.39 is 28.3 Å². The van der Waals surface area contributed by atoms with Gasteiger partial charge in [-0.2, -0.15) is 0 Å². The number of nitrogens with one attached hydrogen (secondary N) is 1. The van der Waals surface area contributed by atoms with E-state index in [9.17, 15) is 13.2 Å². The summed E-state index contributed by atoms with van der Waals surface area (Å²) in [6.45, 7) is 7.88. The zero-order valence-electron chi connectivity index (χ0n) is 17.0. The van der Waals surface area contributed by atoms with Crippen LogP contribution in [0.3, 0.4) is 0 Å². The maximum Gasteiger partial charge on any atom is 0.494 e. The van der Waals surface area contributed by atoms with Crippen LogP contribution in [-0.4, -0.2) is 45.9 Å². The van der Waals surface area contributed by atoms with Crippen LogP contribution < -0.4 is 10.2 Å². The average Bonchev–Trinajstić information content (AvgIpc) is 3.15. The maximum absolute atomic E-state index is 12.7. The van der Waals surface area contributed by atoms with Crippen LogP contribution in [0.1, 0.15) is 47.0 Å². The topological polar surface area (TPSA) is 90.9 Å². The van der Waals surface area contributed by atoms with Gasteiger partial charge in [0.2, 0.25) is 10.0 Å². The third-order valence-corrected chi connectivity index (χ3v) is 7.54. The van der Waals surface area contributed by atoms with Crippen LogP contribution in [0.5, 0.6) is 0 Å². The highest BCUT2D eigenvalue weighted by Gasteiger charge is 2.51. The second-order valence-corrected chi connectivity index (χ2v) is 10.2. The quantitative estimate of drug-likeness (QED) is 0.587. The van der Waals surface area contributed by atoms with E-state index in [-0.39, 0.29) is 22.8 Å². The second-order valence-electron chi connectivity index (χ2n) is 8.51. The van der Waals surface area contributed by atoms with Gasteiger partial charge in [0.05, 0.1) is 29.1 Å². The van der Waals surface area contributed by atoms with Gasteiger partial charge in [-0.05, 0) is 64.6 Å². The van der Waals surface area contributed by atoms with E-state index in [2.05, 4.69) is 4.72 Å². The Balaban J connectivity index is 1.67. The molecule has 1 N–H and O–H groups in total. The summed E-state index contributed by atoms with van der Waals surface area (Å²) >= 11 is 0. The molecule has 1 saturated heterocycles. The van der Waals surface area contributed by atoms with E-state index >= 15 is 0 Å². The van der Waals surface area contributed by atoms with Gasteiger partial charge in [-0.25, -0.2) is 13.1 Å². The molecule has 1 aromatic carbocycles. The molecule has 1 heterocycles. The van der Waals surface area contributed by atoms with E-state index in [1.165, 1.54) is 7.11 Å². The minimum absolute atomic E-state index is 0.175. The average molecular weight is 409 g/mol. The molecule has 1 aliphatic heterocycles. The molecule has 28 heavy (non-hydrogen) atoms. The van der Waals surface area contributed by atoms with Gasteiger partial charge in [0.25, 0.3) is 0 Å². The summed E-state index contributed by atoms with van der Waals surface area (Å²) in [4.78, 5) is 11.8. The summed E-state index contributed by atoms with van der Waals surface area (Å²) in [6.07, 6.45) is 1.70. The summed E-state index contributed by atoms with van der Waals surface area (Å²) < 4.78 is 44.8. The molecular weight excluding hydrogens is 381 g/mol. The van der Waals surface area contributed by atoms with Crippen LogP contribution in [0.15, 0.2) is 29.2 Å². The predicted octanol–water partition coefficient (Wildman–Crippen LogP) is 1.61. The Bertz CT molecular complexity index is 820. The summed E-state index contributed by atoms with van der Waals surface area (Å²) in [5, 5.41) is 0. The Hall–Kier alpha value is -1.42. The number of hydrogen-bond donors (Lipinski definition) is 1. The number of ether oxygens (including phenoxy) is 1. The number of methoxy groups -OCH3 is 1. The molecule has 0 bridgehead atoms. The van der Waals surface area contributed by atoms with Crippen molar-refractivity contribution in [3.8, 4) is 0 Å². The van der Waals surface area contributed by atoms with Crippen LogP contribution in [0.4, 0.5) is 0 Å². The molecule has 7 nitrogen and oxygen atoms in total. The lowest BCUT2D eigenvalue weighted by atomic mass is 9.79. The highest BCUT2D eigenvalue weighted by atomic mass is 32.2. The molecule has 9 heteroatoms. The molecule has 2 atom stereocenters. The minimum atomic E-state index is -3.67. The van der Waals surface area contributed by atoms with Gasteiger partial charge in [-0.3, -0.25) is 4.79 Å². The monoisotopic (exact) mass is 409 g/mol. The lowest BCUT2D eigenvalue weighted by molar-refractivity contribution is -0.145. The Morgan fingerprint density at radius 2 is 1.68 bits per heavy atom. The van der Waals surface area contributed by atoms with Crippen molar-refractivity contribution in [1.82, 2.24) is 4.72 Å². The van der Waals surface area contributed by atoms with E-state index in [1.807, 2.05) is 27.7 Å². The zero-order chi connectivity index (χ0) is 20.7. The number of esters is 1. The van der Waals surface area contributed by atoms with Gasteiger partial charge in [-0.1, -0.05) is 12.1 Å². The summed E-state index contributed by atoms with van der Waals surface area (Å²) in [5.74, 6) is -0.531. The van der Waals surface area contributed by atoms with Crippen LogP contribution in [-0.2, 0) is 28.9 Å². The maximum atomic E-state index is 12.7. The second kappa shape index (κ2) is 7.44. The van der Waals surface area contributed by atoms with Crippen LogP contribution in [0.25, 0.3) is 0 Å². The van der Waals surface area contributed by atoms with Gasteiger partial charge in [0.1, 0.15) is 0 Å². The third kappa shape index (κ3) is 4.12. The smallest absolute Gasteiger partial charge is 0.469 e. The predicted molar refractivity (Wildman–Crippen MR) is 106 cm³/mol. The number of carbonyl (C=O) groups is 1. The van der Waals surface area contributed by atoms with Crippen molar-refractivity contribution in [2.75, 3.05) is 7.11 Å². The molecule has 1 aromatic rings. The molecular formula is C19H28BNO6S. The third-order valence-electron chi connectivity index (χ3n) is 6.00. The van der Waals surface area contributed by atoms with E-state index in [4.69, 9.17) is 14.0 Å². The standard InChI is InChI=1S/C19H28BNO6S/c1-18(2)19(3,4)27-20(26-18)14-7-10-16(11-8-14)28(23,24)21-15-9-6-13(12-15)17(22)25-5/h7-8,10-11,13,15,21H,6,9,12H2,1-5H3. The van der Waals surface area contributed by atoms with Crippen molar-refractivity contribution in [1.29, 1.82) is 0 Å². The fourth-order valence-corrected chi connectivity index (χ4v) is 4.82. The first kappa shape index (κ1) is 21.3. The molecule has 2 unspecified atom stereocenters. The molecule has 0 amide bonds. The van der Waals surface area contributed by atoms with Gasteiger partial charge in [-0.15, -0.1) is 0 Å². The van der Waals surface area contributed by atoms with E-state index in [1.54, 1.807) is 24.3 Å². The van der Waals surface area contributed by atoms with Gasteiger partial charge < -0.3 is 14.0 Å². The van der Waals surface area contributed by atoms with Crippen molar-refractivity contribution < 1.29 is 27.3 Å². The summed E-state index contributed by atoms with van der Waals surface area (Å²) in [6, 6.07) is 6.26. The first-order chi connectivity index (χ1) is 12.9. The van der Waals surface area contributed by atoms with Crippen molar-refractivity contribution in [3.63, 3.8) is 0 Å². The first-order valence-corrected chi connectivity index (χ1v) is 11.0. The molecule has 0 radical (unpaired) electrons. The number of hydrogen-bond acceptors (Lipinski definition) is 6. The fourth-order valence-electron chi connectivity index (χ4n) is 3.54. The minimum Gasteiger partial charge on any atom is -0.469 e. The highest BCUT2D eigenvalue weighted by molar-refractivity contribution is 7.89. The normalized spacial score (nSPS) is 26.4. The van der Waals surface area contributed by atoms with Crippen LogP contribution in [0.2, 0.25) is 0 Å². The Morgan fingerprint density at radius 3 is 2.21 bits per heavy atom. The van der Waals surface area contributed by atoms with Gasteiger partial charge in [0, 0.05) is 6.04 Å². The molecule has 154 valence electrons. The van der Waals surface area contributed by atoms with Crippen molar-refractivity contribution >= 4 is 28.6 Å². The van der Waals surface area contributed by atoms with Crippen LogP contribution >= 0.6 is 0 Å². The Labute approximate surface area is 167 Å². The van der Waals surface area contributed by atoms with Gasteiger partial charge in [0.15, 0.2) is 0 Å². The molecule has 1 saturated carbocycles. The lowest BCUT2D eigenvalue weighted by Gasteiger charge is -2.32. The Morgan fingerprint density at radius 1 is 1.11 bits per heavy atom. The van der Waals surface area contributed by atoms with E-state index in [0.29, 0.717) is 19.3 Å². The molecule has 1 aliphatic carbocycles. The number of sulfonamides is 1. The summed E-state index contributed by atoms with van der Waals surface area (Å²) in [5.41, 5.74) is -0.144. The molecule has 0 spiro atoms. The Kier molecular flexibility index (Phi) is 5.66. The molecule has 2 fully saturated rings. The summed E-state index contributed by atoms with van der Waals surface area (Å²) in [7, 11) is -2.86. The highest BCUT2D eigenvalue weighted by Crippen LogP contribution is 2.36. The fraction of sp³-hybridized carbons (Fsp3) is 0.632. The van der Waals surface area contributed by atoms with Crippen molar-refractivity contribution in [2.45, 2.75) is 69.1 Å². The van der Waals surface area contributed by atoms with Gasteiger partial charge >= 0.3 is 13.1 Å². The number of rotatable bonds is 5. The lowest BCUT2D eigenvalue weighted by Crippen LogP contribution is -2.41. The largest absolute Gasteiger partial charge is 0.494 e. The molecule has 2 aliphatic rings. The van der Waals surface area contributed by atoms with Crippen molar-refractivity contribution in [2.24, 2.45) is 5.92 Å². The van der Waals surface area contributed by atoms with Crippen LogP contribution in [0, 0.1) is 5.92 Å². The number of benzene rings is 1. The first-order valence-electron chi connectivity index (χ1n) is 9.51. The SMILES string of the molecule is COC(=O)C1CCC(NS(=O)(=O)c2ccc(B3OC(C)(C)C(C)(C)O3)cc2)C1. The molecule has 0 aromatic heterocycles. The number of carbonyl (C=O) groups excluding carboxylic acids is 1. The van der Waals surface area contributed by atoms with E-state index in [0.717, 1.165) is 5.46 Å². The molecule has 3 rings (SSSR count). The van der Waals surface area contributed by atoms with Crippen molar-refractivity contribution in [3.05, 3.63) is 24.3 Å².